The summed E-state index contributed by atoms with van der Waals surface area (Å²) in [5.74, 6) is -0.702. The average Bonchev–Trinajstić information content (AvgIpc) is 2.92. The Morgan fingerprint density at radius 2 is 1.12 bits per heavy atom. The molecule has 0 spiro atoms. The molecule has 0 amide bonds. The standard InChI is InChI=1S/C31H40O10/c1-9-27(34)40-25-15-11-13-23(29(25)38-21(5)36-17-19(3)32)31(7,8)24-14-12-16-26(41-28(35)10-2)30(24)39-22(6)37-18-20(4)33/h9-16,19-22,32-33H,1-2,17-18H2,3-8H3. The van der Waals surface area contributed by atoms with Gasteiger partial charge in [0.2, 0.25) is 0 Å². The van der Waals surface area contributed by atoms with E-state index in [0.29, 0.717) is 11.1 Å². The summed E-state index contributed by atoms with van der Waals surface area (Å²) >= 11 is 0. The number of carbonyl (C=O) groups is 2. The Balaban J connectivity index is 2.69. The van der Waals surface area contributed by atoms with Crippen molar-refractivity contribution in [3.63, 3.8) is 0 Å². The molecule has 0 fully saturated rings. The minimum absolute atomic E-state index is 0.0214. The summed E-state index contributed by atoms with van der Waals surface area (Å²) in [6.07, 6.45) is -1.02. The highest BCUT2D eigenvalue weighted by molar-refractivity contribution is 5.84. The van der Waals surface area contributed by atoms with Crippen LogP contribution in [0, 0.1) is 0 Å². The van der Waals surface area contributed by atoms with Crippen LogP contribution in [0.4, 0.5) is 0 Å². The SMILES string of the molecule is C=CC(=O)Oc1cccc(C(C)(C)c2cccc(OC(=O)C=C)c2OC(C)OCC(C)O)c1OC(C)OCC(C)O. The molecule has 10 nitrogen and oxygen atoms in total. The van der Waals surface area contributed by atoms with Gasteiger partial charge in [-0.3, -0.25) is 0 Å². The van der Waals surface area contributed by atoms with Crippen molar-refractivity contribution in [3.8, 4) is 23.0 Å². The molecular formula is C31H40O10. The van der Waals surface area contributed by atoms with E-state index < -0.39 is 42.1 Å². The van der Waals surface area contributed by atoms with E-state index in [1.807, 2.05) is 13.8 Å². The van der Waals surface area contributed by atoms with Crippen LogP contribution in [-0.4, -0.2) is 60.2 Å². The third kappa shape index (κ3) is 9.72. The van der Waals surface area contributed by atoms with Crippen LogP contribution in [0.25, 0.3) is 0 Å². The predicted octanol–water partition coefficient (Wildman–Crippen LogP) is 4.44. The number of benzene rings is 2. The molecular weight excluding hydrogens is 532 g/mol. The Kier molecular flexibility index (Phi) is 12.5. The number of esters is 2. The molecule has 0 radical (unpaired) electrons. The van der Waals surface area contributed by atoms with Gasteiger partial charge in [-0.15, -0.1) is 0 Å². The summed E-state index contributed by atoms with van der Waals surface area (Å²) in [6.45, 7) is 17.2. The first-order valence-corrected chi connectivity index (χ1v) is 13.2. The van der Waals surface area contributed by atoms with Crippen LogP contribution in [0.5, 0.6) is 23.0 Å². The first kappa shape index (κ1) is 33.5. The third-order valence-electron chi connectivity index (χ3n) is 5.77. The maximum atomic E-state index is 12.2. The fourth-order valence-corrected chi connectivity index (χ4v) is 3.81. The first-order chi connectivity index (χ1) is 19.3. The second-order valence-corrected chi connectivity index (χ2v) is 9.88. The zero-order valence-corrected chi connectivity index (χ0v) is 24.4. The van der Waals surface area contributed by atoms with Gasteiger partial charge in [0, 0.05) is 28.7 Å². The molecule has 0 bridgehead atoms. The molecule has 4 atom stereocenters. The number of carbonyl (C=O) groups excluding carboxylic acids is 2. The molecule has 4 unspecified atom stereocenters. The van der Waals surface area contributed by atoms with E-state index in [-0.39, 0.29) is 36.2 Å². The lowest BCUT2D eigenvalue weighted by atomic mass is 9.77. The van der Waals surface area contributed by atoms with E-state index >= 15 is 0 Å². The van der Waals surface area contributed by atoms with Crippen LogP contribution in [0.2, 0.25) is 0 Å². The number of rotatable bonds is 16. The molecule has 0 aliphatic heterocycles. The Morgan fingerprint density at radius 1 is 0.756 bits per heavy atom. The summed E-state index contributed by atoms with van der Waals surface area (Å²) in [6, 6.07) is 10.1. The summed E-state index contributed by atoms with van der Waals surface area (Å²) in [4.78, 5) is 24.3. The Bertz CT molecular complexity index is 1110. The molecule has 41 heavy (non-hydrogen) atoms. The predicted molar refractivity (Wildman–Crippen MR) is 152 cm³/mol. The minimum Gasteiger partial charge on any atom is -0.461 e. The molecule has 0 aromatic heterocycles. The van der Waals surface area contributed by atoms with E-state index in [0.717, 1.165) is 12.2 Å². The van der Waals surface area contributed by atoms with Gasteiger partial charge < -0.3 is 38.6 Å². The average molecular weight is 573 g/mol. The summed E-state index contributed by atoms with van der Waals surface area (Å²) in [5, 5.41) is 19.3. The molecule has 0 heterocycles. The lowest BCUT2D eigenvalue weighted by Crippen LogP contribution is -2.28. The van der Waals surface area contributed by atoms with E-state index in [1.165, 1.54) is 0 Å². The largest absolute Gasteiger partial charge is 0.461 e. The van der Waals surface area contributed by atoms with E-state index in [1.54, 1.807) is 64.1 Å². The fraction of sp³-hybridized carbons (Fsp3) is 0.419. The van der Waals surface area contributed by atoms with Crippen molar-refractivity contribution in [2.75, 3.05) is 13.2 Å². The Morgan fingerprint density at radius 3 is 1.44 bits per heavy atom. The monoisotopic (exact) mass is 572 g/mol. The van der Waals surface area contributed by atoms with Crippen molar-refractivity contribution < 1.29 is 48.2 Å². The second kappa shape index (κ2) is 15.3. The van der Waals surface area contributed by atoms with E-state index in [4.69, 9.17) is 28.4 Å². The maximum absolute atomic E-state index is 12.2. The minimum atomic E-state index is -0.925. The van der Waals surface area contributed by atoms with Gasteiger partial charge in [-0.1, -0.05) is 51.3 Å². The number of hydrogen-bond donors (Lipinski definition) is 2. The fourth-order valence-electron chi connectivity index (χ4n) is 3.81. The number of ether oxygens (including phenoxy) is 6. The lowest BCUT2D eigenvalue weighted by molar-refractivity contribution is -0.130. The van der Waals surface area contributed by atoms with Crippen LogP contribution in [-0.2, 0) is 24.5 Å². The van der Waals surface area contributed by atoms with Gasteiger partial charge in [0.15, 0.2) is 35.6 Å². The van der Waals surface area contributed by atoms with Gasteiger partial charge in [0.05, 0.1) is 25.4 Å². The lowest BCUT2D eigenvalue weighted by Gasteiger charge is -2.32. The van der Waals surface area contributed by atoms with E-state index in [9.17, 15) is 19.8 Å². The molecule has 0 saturated heterocycles. The van der Waals surface area contributed by atoms with Gasteiger partial charge in [0.25, 0.3) is 0 Å². The topological polar surface area (TPSA) is 130 Å². The van der Waals surface area contributed by atoms with Crippen LogP contribution in [0.3, 0.4) is 0 Å². The summed E-state index contributed by atoms with van der Waals surface area (Å²) in [5.41, 5.74) is 0.231. The van der Waals surface area contributed by atoms with Crippen LogP contribution < -0.4 is 18.9 Å². The van der Waals surface area contributed by atoms with Gasteiger partial charge in [-0.05, 0) is 39.8 Å². The van der Waals surface area contributed by atoms with Crippen molar-refractivity contribution in [1.82, 2.24) is 0 Å². The highest BCUT2D eigenvalue weighted by Crippen LogP contribution is 2.48. The maximum Gasteiger partial charge on any atom is 0.335 e. The van der Waals surface area contributed by atoms with Crippen LogP contribution >= 0.6 is 0 Å². The zero-order chi connectivity index (χ0) is 30.7. The molecule has 2 aromatic rings. The van der Waals surface area contributed by atoms with Crippen molar-refractivity contribution in [1.29, 1.82) is 0 Å². The van der Waals surface area contributed by atoms with Crippen molar-refractivity contribution >= 4 is 11.9 Å². The molecule has 224 valence electrons. The first-order valence-electron chi connectivity index (χ1n) is 13.2. The smallest absolute Gasteiger partial charge is 0.335 e. The van der Waals surface area contributed by atoms with E-state index in [2.05, 4.69) is 13.2 Å². The number of aliphatic hydroxyl groups excluding tert-OH is 2. The zero-order valence-electron chi connectivity index (χ0n) is 24.4. The summed E-state index contributed by atoms with van der Waals surface area (Å²) < 4.78 is 34.5. The highest BCUT2D eigenvalue weighted by Gasteiger charge is 2.34. The Labute approximate surface area is 241 Å². The summed E-state index contributed by atoms with van der Waals surface area (Å²) in [7, 11) is 0. The molecule has 0 saturated carbocycles. The third-order valence-corrected chi connectivity index (χ3v) is 5.77. The van der Waals surface area contributed by atoms with Gasteiger partial charge in [-0.25, -0.2) is 9.59 Å². The second-order valence-electron chi connectivity index (χ2n) is 9.88. The van der Waals surface area contributed by atoms with Crippen LogP contribution in [0.1, 0.15) is 52.7 Å². The molecule has 10 heteroatoms. The van der Waals surface area contributed by atoms with Crippen molar-refractivity contribution in [2.45, 2.75) is 71.7 Å². The van der Waals surface area contributed by atoms with Crippen molar-refractivity contribution in [3.05, 3.63) is 72.8 Å². The normalized spacial score (nSPS) is 14.2. The highest BCUT2D eigenvalue weighted by atomic mass is 16.7. The quantitative estimate of drug-likeness (QED) is 0.129. The molecule has 2 N–H and O–H groups in total. The molecule has 0 aliphatic rings. The molecule has 2 rings (SSSR count). The van der Waals surface area contributed by atoms with Gasteiger partial charge in [-0.2, -0.15) is 0 Å². The number of para-hydroxylation sites is 2. The number of hydrogen-bond acceptors (Lipinski definition) is 10. The van der Waals surface area contributed by atoms with Gasteiger partial charge >= 0.3 is 11.9 Å². The van der Waals surface area contributed by atoms with Crippen LogP contribution in [0.15, 0.2) is 61.7 Å². The molecule has 0 aliphatic carbocycles. The van der Waals surface area contributed by atoms with Crippen molar-refractivity contribution in [2.24, 2.45) is 0 Å². The Hall–Kier alpha value is -3.70. The number of aliphatic hydroxyl groups is 2. The molecule has 2 aromatic carbocycles. The van der Waals surface area contributed by atoms with Gasteiger partial charge in [0.1, 0.15) is 0 Å².